The van der Waals surface area contributed by atoms with Crippen LogP contribution in [0.5, 0.6) is 0 Å². The van der Waals surface area contributed by atoms with Gasteiger partial charge in [-0.15, -0.1) is 56.7 Å². The molecule has 0 aromatic carbocycles. The van der Waals surface area contributed by atoms with Crippen molar-refractivity contribution in [3.63, 3.8) is 0 Å². The molecule has 142 heavy (non-hydrogen) atoms. The van der Waals surface area contributed by atoms with Crippen molar-refractivity contribution < 1.29 is 9.47 Å². The first-order valence-electron chi connectivity index (χ1n) is 49.7. The lowest BCUT2D eigenvalue weighted by molar-refractivity contribution is -0.0433. The van der Waals surface area contributed by atoms with Gasteiger partial charge in [0.2, 0.25) is 0 Å². The molecular formula is C103H186ClN31O2S5. The SMILES string of the molecule is C=NN(C)C1CC1.C=NN(C)C1CC1.C=NN(C)C1CCC1.C=NN(C)C1CCC1.C=NN(C)CC1CC1.C=NN(C)CC1CCC1.C=NN(C)CC1CCCC1.C=NN(C)CC1CCCCC1.C=NN(C)CC1CCOCC1.C=NN(C)CC1COC1.C=NN(C)Cc1ccc(C)s1.C=NN(C)Cc1ccc(C)s1.C=NN(C)Cc1cccs1.C=NN(C)Cc1cncs1.C=NN(C)Cc1sc(C)cc1Cl. The molecule has 15 rings (SSSR count). The fraction of sp³-hybridized carbons (Fsp3) is 0.670. The average molecular weight is 2090 g/mol. The normalized spacial score (nSPS) is 15.5. The van der Waals surface area contributed by atoms with E-state index in [2.05, 4.69) is 232 Å². The number of halogens is 1. The van der Waals surface area contributed by atoms with E-state index in [0.717, 1.165) is 150 Å². The number of aromatic nitrogens is 1. The molecular weight excluding hydrogens is 1900 g/mol. The topological polar surface area (TPSA) is 265 Å². The standard InChI is InChI=1S/C9H18N2.C8H11ClN2S.C8H16N2O.2C8H12N2S.C8H16N2.C7H10N2S.C7H14N2.C6H9N3S.C6H12N2O.3C6H12N2.2C5H10N2/c1-10-11(2)8-9-6-4-3-5-7-9;1-6-4-7(9)8(12-6)5-11(3)10-2;1-9-10(2)7-8-3-5-11-6-4-8;2*1-7-4-5-8(11-7)6-10(3)9-2;1-9-10(2)7-8-5-3-4-6-8;1-8-9(2)6-7-4-3-5-10-7;1-8-9(2)6-7-4-3-5-7;1-7-9(2)4-6-3-8-5-10-6;1-7-8(2)3-6-4-9-5-6;1-7-8(2)5-6-3-4-6;2*1-7-8(2)6-4-3-5-6;2*1-6-7(2)5-3-4-5/h9H,1,3-8H2,2H3;4H,2,5H2,1,3H3;8H,1,3-7H2,2H3;2*4-5H,2,6H2,1,3H3;8H,1,3-7H2,2H3;3-5H,1,6H2,2H3;7H,1,3-6H2,2H3;3,5H,1,4H2,2H3;6H,1,3-5H2,2H3;3*6H,1,3-5H2,2H3;2*5H,1,3-4H2,2H3. The molecule has 5 aromatic heterocycles. The van der Waals surface area contributed by atoms with Gasteiger partial charge in [0, 0.05) is 334 Å². The summed E-state index contributed by atoms with van der Waals surface area (Å²) in [5, 5.41) is 87.7. The Morgan fingerprint density at radius 2 is 0.599 bits per heavy atom. The number of hydrogen-bond acceptors (Lipinski definition) is 38. The van der Waals surface area contributed by atoms with Gasteiger partial charge in [-0.05, 0) is 221 Å². The molecule has 2 saturated heterocycles. The van der Waals surface area contributed by atoms with E-state index in [-0.39, 0.29) is 0 Å². The molecule has 2 aliphatic heterocycles. The first-order valence-corrected chi connectivity index (χ1v) is 54.3. The molecule has 0 radical (unpaired) electrons. The van der Waals surface area contributed by atoms with E-state index in [1.54, 1.807) is 66.7 Å². The summed E-state index contributed by atoms with van der Waals surface area (Å²) >= 11 is 14.6. The van der Waals surface area contributed by atoms with Crippen LogP contribution >= 0.6 is 68.3 Å². The van der Waals surface area contributed by atoms with Crippen LogP contribution in [-0.4, -0.2) is 376 Å². The first kappa shape index (κ1) is 131. The number of thiazole rings is 1. The number of nitrogens with zero attached hydrogens (tertiary/aromatic N) is 31. The van der Waals surface area contributed by atoms with Crippen molar-refractivity contribution in [3.05, 3.63) is 104 Å². The van der Waals surface area contributed by atoms with Crippen molar-refractivity contribution in [3.8, 4) is 0 Å². The van der Waals surface area contributed by atoms with Crippen molar-refractivity contribution in [1.82, 2.24) is 80.1 Å². The van der Waals surface area contributed by atoms with Crippen molar-refractivity contribution in [2.75, 3.05) is 171 Å². The maximum absolute atomic E-state index is 5.97. The Balaban J connectivity index is 0.000000762. The van der Waals surface area contributed by atoms with Crippen LogP contribution in [0.3, 0.4) is 0 Å². The third kappa shape index (κ3) is 67.3. The van der Waals surface area contributed by atoms with E-state index in [1.807, 2.05) is 202 Å². The lowest BCUT2D eigenvalue weighted by Gasteiger charge is -2.31. The molecule has 8 saturated carbocycles. The molecule has 10 fully saturated rings. The predicted molar refractivity (Wildman–Crippen MR) is 624 cm³/mol. The van der Waals surface area contributed by atoms with E-state index >= 15 is 0 Å². The second kappa shape index (κ2) is 81.0. The number of ether oxygens (including phenoxy) is 2. The molecule has 802 valence electrons. The van der Waals surface area contributed by atoms with Crippen molar-refractivity contribution >= 4 is 169 Å². The van der Waals surface area contributed by atoms with Crippen molar-refractivity contribution in [2.45, 2.75) is 245 Å². The Bertz CT molecular complexity index is 3880. The molecule has 33 nitrogen and oxygen atoms in total. The van der Waals surface area contributed by atoms with Crippen LogP contribution in [-0.2, 0) is 42.2 Å². The van der Waals surface area contributed by atoms with E-state index in [1.165, 1.54) is 201 Å². The zero-order valence-corrected chi connectivity index (χ0v) is 95.6. The van der Waals surface area contributed by atoms with Gasteiger partial charge >= 0.3 is 0 Å². The fourth-order valence-corrected chi connectivity index (χ4v) is 18.8. The minimum atomic E-state index is 0.681. The molecule has 39 heteroatoms. The summed E-state index contributed by atoms with van der Waals surface area (Å²) < 4.78 is 10.2. The van der Waals surface area contributed by atoms with Gasteiger partial charge in [-0.3, -0.25) is 50.1 Å². The number of rotatable bonds is 41. The van der Waals surface area contributed by atoms with Crippen LogP contribution < -0.4 is 0 Å². The smallest absolute Gasteiger partial charge is 0.0794 e. The van der Waals surface area contributed by atoms with Gasteiger partial charge in [-0.2, -0.15) is 76.5 Å². The molecule has 0 amide bonds. The molecule has 10 aliphatic rings. The van der Waals surface area contributed by atoms with Gasteiger partial charge in [0.05, 0.1) is 56.5 Å². The predicted octanol–water partition coefficient (Wildman–Crippen LogP) is 20.8. The first-order chi connectivity index (χ1) is 68.0. The largest absolute Gasteiger partial charge is 0.381 e. The van der Waals surface area contributed by atoms with Gasteiger partial charge < -0.3 is 39.5 Å². The quantitative estimate of drug-likeness (QED) is 0.0260. The van der Waals surface area contributed by atoms with Gasteiger partial charge in [-0.25, -0.2) is 0 Å². The fourth-order valence-electron chi connectivity index (χ4n) is 14.2. The van der Waals surface area contributed by atoms with Crippen LogP contribution in [0, 0.1) is 56.3 Å². The summed E-state index contributed by atoms with van der Waals surface area (Å²) in [6.45, 7) is 71.9. The summed E-state index contributed by atoms with van der Waals surface area (Å²) in [5.41, 5.74) is 1.81. The molecule has 8 aliphatic carbocycles. The number of thiophene rings is 4. The van der Waals surface area contributed by atoms with E-state index in [0.29, 0.717) is 18.0 Å². The molecule has 0 spiro atoms. The minimum absolute atomic E-state index is 0.681. The summed E-state index contributed by atoms with van der Waals surface area (Å²) in [6.07, 6.45) is 36.9. The molecule has 0 N–H and O–H groups in total. The maximum Gasteiger partial charge on any atom is 0.0794 e. The van der Waals surface area contributed by atoms with Crippen molar-refractivity contribution in [2.24, 2.45) is 112 Å². The van der Waals surface area contributed by atoms with Crippen molar-refractivity contribution in [1.29, 1.82) is 0 Å². The Hall–Kier alpha value is -9.31. The molecule has 7 heterocycles. The third-order valence-electron chi connectivity index (χ3n) is 24.7. The lowest BCUT2D eigenvalue weighted by Crippen LogP contribution is -2.35. The second-order valence-electron chi connectivity index (χ2n) is 37.2. The maximum atomic E-state index is 5.97. The van der Waals surface area contributed by atoms with Crippen LogP contribution in [0.25, 0.3) is 0 Å². The average Bonchev–Trinajstić information content (AvgIpc) is 1.74. The zero-order valence-electron chi connectivity index (χ0n) is 90.7. The van der Waals surface area contributed by atoms with E-state index in [9.17, 15) is 0 Å². The van der Waals surface area contributed by atoms with Gasteiger partial charge in [0.15, 0.2) is 0 Å². The number of hydrazone groups is 15. The molecule has 0 unspecified atom stereocenters. The molecule has 0 atom stereocenters. The monoisotopic (exact) mass is 2080 g/mol. The lowest BCUT2D eigenvalue weighted by atomic mass is 9.85. The summed E-state index contributed by atoms with van der Waals surface area (Å²) in [5.74, 6) is 5.01. The number of hydrogen-bond donors (Lipinski definition) is 0. The Labute approximate surface area is 884 Å². The third-order valence-corrected chi connectivity index (χ3v) is 29.7. The molecule has 0 bridgehead atoms. The van der Waals surface area contributed by atoms with Crippen LogP contribution in [0.1, 0.15) is 206 Å². The van der Waals surface area contributed by atoms with E-state index in [4.69, 9.17) is 21.1 Å². The summed E-state index contributed by atoms with van der Waals surface area (Å²) in [6, 6.07) is 17.4. The highest BCUT2D eigenvalue weighted by molar-refractivity contribution is 7.13. The van der Waals surface area contributed by atoms with Gasteiger partial charge in [0.1, 0.15) is 0 Å². The van der Waals surface area contributed by atoms with Gasteiger partial charge in [-0.1, -0.05) is 56.2 Å². The van der Waals surface area contributed by atoms with Crippen LogP contribution in [0.2, 0.25) is 5.02 Å². The van der Waals surface area contributed by atoms with Crippen LogP contribution in [0.4, 0.5) is 0 Å². The van der Waals surface area contributed by atoms with E-state index < -0.39 is 0 Å². The second-order valence-corrected chi connectivity index (χ2v) is 43.7. The number of aryl methyl sites for hydroxylation is 3. The zero-order chi connectivity index (χ0) is 106. The van der Waals surface area contributed by atoms with Gasteiger partial charge in [0.25, 0.3) is 0 Å². The summed E-state index contributed by atoms with van der Waals surface area (Å²) in [7, 11) is 29.2. The highest BCUT2D eigenvalue weighted by Gasteiger charge is 2.27. The summed E-state index contributed by atoms with van der Waals surface area (Å²) in [4.78, 5) is 14.2. The highest BCUT2D eigenvalue weighted by atomic mass is 35.5. The van der Waals surface area contributed by atoms with Crippen LogP contribution in [0.15, 0.2) is 136 Å². The highest BCUT2D eigenvalue weighted by Crippen LogP contribution is 2.33. The minimum Gasteiger partial charge on any atom is -0.381 e. The Kier molecular flexibility index (Phi) is 74.5. The Morgan fingerprint density at radius 3 is 0.838 bits per heavy atom. The Morgan fingerprint density at radius 1 is 0.296 bits per heavy atom. The molecule has 5 aromatic rings.